The lowest BCUT2D eigenvalue weighted by atomic mass is 9.81. The zero-order valence-electron chi connectivity index (χ0n) is 10.6. The first-order valence-corrected chi connectivity index (χ1v) is 7.75. The van der Waals surface area contributed by atoms with Gasteiger partial charge in [0.25, 0.3) is 0 Å². The van der Waals surface area contributed by atoms with Gasteiger partial charge in [-0.05, 0) is 30.9 Å². The van der Waals surface area contributed by atoms with Crippen molar-refractivity contribution >= 4 is 15.9 Å². The summed E-state index contributed by atoms with van der Waals surface area (Å²) >= 11 is 3.51. The van der Waals surface area contributed by atoms with Gasteiger partial charge in [0.2, 0.25) is 0 Å². The fourth-order valence-electron chi connectivity index (χ4n) is 3.30. The Morgan fingerprint density at radius 3 is 2.72 bits per heavy atom. The van der Waals surface area contributed by atoms with E-state index in [9.17, 15) is 0 Å². The molecule has 3 heteroatoms. The molecule has 2 N–H and O–H groups in total. The number of nitrogens with two attached hydrogens (primary N) is 1. The van der Waals surface area contributed by atoms with Crippen molar-refractivity contribution in [3.63, 3.8) is 0 Å². The minimum absolute atomic E-state index is 0.133. The summed E-state index contributed by atoms with van der Waals surface area (Å²) in [4.78, 5) is 0. The zero-order chi connectivity index (χ0) is 12.5. The van der Waals surface area contributed by atoms with Crippen LogP contribution in [0.2, 0.25) is 0 Å². The summed E-state index contributed by atoms with van der Waals surface area (Å²) in [5, 5.41) is 0. The third-order valence-electron chi connectivity index (χ3n) is 4.32. The molecule has 98 valence electrons. The van der Waals surface area contributed by atoms with Gasteiger partial charge < -0.3 is 10.5 Å². The third kappa shape index (κ3) is 2.43. The van der Waals surface area contributed by atoms with Crippen molar-refractivity contribution in [2.24, 2.45) is 11.7 Å². The minimum Gasteiger partial charge on any atom is -0.490 e. The summed E-state index contributed by atoms with van der Waals surface area (Å²) in [6.07, 6.45) is 8.00. The van der Waals surface area contributed by atoms with Crippen LogP contribution < -0.4 is 10.5 Å². The van der Waals surface area contributed by atoms with Crippen LogP contribution in [0.25, 0.3) is 0 Å². The molecule has 1 aliphatic carbocycles. The van der Waals surface area contributed by atoms with E-state index in [0.717, 1.165) is 22.2 Å². The number of halogens is 1. The van der Waals surface area contributed by atoms with Crippen LogP contribution in [0.4, 0.5) is 0 Å². The third-order valence-corrected chi connectivity index (χ3v) is 4.81. The second-order valence-corrected chi connectivity index (χ2v) is 6.49. The predicted octanol–water partition coefficient (Wildman–Crippen LogP) is 4.18. The molecule has 2 nitrogen and oxygen atoms in total. The Hall–Kier alpha value is -0.540. The number of hydrogen-bond acceptors (Lipinski definition) is 2. The average Bonchev–Trinajstić information content (AvgIpc) is 2.39. The van der Waals surface area contributed by atoms with Crippen LogP contribution in [0.1, 0.15) is 50.1 Å². The van der Waals surface area contributed by atoms with E-state index >= 15 is 0 Å². The van der Waals surface area contributed by atoms with Gasteiger partial charge >= 0.3 is 0 Å². The van der Waals surface area contributed by atoms with Crippen molar-refractivity contribution in [2.75, 3.05) is 0 Å². The molecule has 1 aromatic rings. The highest BCUT2D eigenvalue weighted by atomic mass is 79.9. The second-order valence-electron chi connectivity index (χ2n) is 5.58. The highest BCUT2D eigenvalue weighted by molar-refractivity contribution is 9.10. The Labute approximate surface area is 117 Å². The molecule has 0 radical (unpaired) electrons. The van der Waals surface area contributed by atoms with Crippen LogP contribution in [0.5, 0.6) is 5.75 Å². The molecule has 2 atom stereocenters. The molecule has 1 heterocycles. The summed E-state index contributed by atoms with van der Waals surface area (Å²) in [7, 11) is 0. The van der Waals surface area contributed by atoms with E-state index < -0.39 is 0 Å². The Balaban J connectivity index is 1.81. The van der Waals surface area contributed by atoms with Crippen LogP contribution in [0, 0.1) is 5.92 Å². The number of ether oxygens (including phenoxy) is 1. The van der Waals surface area contributed by atoms with Crippen molar-refractivity contribution in [3.8, 4) is 5.75 Å². The van der Waals surface area contributed by atoms with Crippen LogP contribution >= 0.6 is 15.9 Å². The Morgan fingerprint density at radius 2 is 1.94 bits per heavy atom. The molecular weight excluding hydrogens is 290 g/mol. The standard InChI is InChI=1S/C15H20BrNO/c16-11-6-7-12-13(17)9-14(18-15(12)8-11)10-4-2-1-3-5-10/h6-8,10,13-14H,1-5,9,17H2/t13-,14?/m0/s1. The maximum atomic E-state index is 6.30. The molecule has 1 fully saturated rings. The van der Waals surface area contributed by atoms with Crippen molar-refractivity contribution < 1.29 is 4.74 Å². The Morgan fingerprint density at radius 1 is 1.17 bits per heavy atom. The largest absolute Gasteiger partial charge is 0.490 e. The van der Waals surface area contributed by atoms with Crippen LogP contribution in [0.3, 0.4) is 0 Å². The van der Waals surface area contributed by atoms with Crippen molar-refractivity contribution in [2.45, 2.75) is 50.7 Å². The molecule has 3 rings (SSSR count). The monoisotopic (exact) mass is 309 g/mol. The molecular formula is C15H20BrNO. The van der Waals surface area contributed by atoms with E-state index in [-0.39, 0.29) is 6.04 Å². The van der Waals surface area contributed by atoms with Crippen LogP contribution in [0.15, 0.2) is 22.7 Å². The number of hydrogen-bond donors (Lipinski definition) is 1. The second kappa shape index (κ2) is 5.22. The maximum Gasteiger partial charge on any atom is 0.125 e. The van der Waals surface area contributed by atoms with Crippen LogP contribution in [-0.2, 0) is 0 Å². The Kier molecular flexibility index (Phi) is 3.62. The van der Waals surface area contributed by atoms with E-state index in [1.807, 2.05) is 6.07 Å². The SMILES string of the molecule is N[C@H]1CC(C2CCCCC2)Oc2cc(Br)ccc21. The summed E-state index contributed by atoms with van der Waals surface area (Å²) in [6.45, 7) is 0. The average molecular weight is 310 g/mol. The van der Waals surface area contributed by atoms with Gasteiger partial charge in [0, 0.05) is 22.5 Å². The first-order chi connectivity index (χ1) is 8.74. The van der Waals surface area contributed by atoms with Gasteiger partial charge in [-0.15, -0.1) is 0 Å². The van der Waals surface area contributed by atoms with E-state index in [4.69, 9.17) is 10.5 Å². The first-order valence-electron chi connectivity index (χ1n) is 6.96. The van der Waals surface area contributed by atoms with Gasteiger partial charge in [-0.25, -0.2) is 0 Å². The van der Waals surface area contributed by atoms with E-state index in [1.165, 1.54) is 32.1 Å². The summed E-state index contributed by atoms with van der Waals surface area (Å²) < 4.78 is 7.28. The fourth-order valence-corrected chi connectivity index (χ4v) is 3.64. The molecule has 1 aliphatic heterocycles. The quantitative estimate of drug-likeness (QED) is 0.844. The van der Waals surface area contributed by atoms with Gasteiger partial charge in [0.05, 0.1) is 0 Å². The smallest absolute Gasteiger partial charge is 0.125 e. The topological polar surface area (TPSA) is 35.2 Å². The van der Waals surface area contributed by atoms with Crippen molar-refractivity contribution in [3.05, 3.63) is 28.2 Å². The summed E-state index contributed by atoms with van der Waals surface area (Å²) in [5.41, 5.74) is 7.46. The van der Waals surface area contributed by atoms with Crippen molar-refractivity contribution in [1.82, 2.24) is 0 Å². The molecule has 1 unspecified atom stereocenters. The predicted molar refractivity (Wildman–Crippen MR) is 76.7 cm³/mol. The highest BCUT2D eigenvalue weighted by Crippen LogP contribution is 2.40. The minimum atomic E-state index is 0.133. The summed E-state index contributed by atoms with van der Waals surface area (Å²) in [6, 6.07) is 6.32. The lowest BCUT2D eigenvalue weighted by Gasteiger charge is -2.36. The highest BCUT2D eigenvalue weighted by Gasteiger charge is 2.32. The van der Waals surface area contributed by atoms with Gasteiger partial charge in [-0.2, -0.15) is 0 Å². The fraction of sp³-hybridized carbons (Fsp3) is 0.600. The molecule has 0 aromatic heterocycles. The van der Waals surface area contributed by atoms with Crippen LogP contribution in [-0.4, -0.2) is 6.10 Å². The first kappa shape index (κ1) is 12.5. The molecule has 2 aliphatic rings. The molecule has 0 saturated heterocycles. The van der Waals surface area contributed by atoms with Gasteiger partial charge in [0.15, 0.2) is 0 Å². The van der Waals surface area contributed by atoms with Gasteiger partial charge in [0.1, 0.15) is 11.9 Å². The molecule has 0 bridgehead atoms. The number of benzene rings is 1. The zero-order valence-corrected chi connectivity index (χ0v) is 12.2. The van der Waals surface area contributed by atoms with Gasteiger partial charge in [-0.1, -0.05) is 41.3 Å². The molecule has 0 amide bonds. The number of rotatable bonds is 1. The number of fused-ring (bicyclic) bond motifs is 1. The summed E-state index contributed by atoms with van der Waals surface area (Å²) in [5.74, 6) is 1.69. The normalized spacial score (nSPS) is 28.6. The molecule has 1 aromatic carbocycles. The Bertz CT molecular complexity index is 429. The lowest BCUT2D eigenvalue weighted by Crippen LogP contribution is -2.36. The van der Waals surface area contributed by atoms with E-state index in [0.29, 0.717) is 12.0 Å². The van der Waals surface area contributed by atoms with Gasteiger partial charge in [-0.3, -0.25) is 0 Å². The maximum absolute atomic E-state index is 6.30. The van der Waals surface area contributed by atoms with Crippen molar-refractivity contribution in [1.29, 1.82) is 0 Å². The molecule has 0 spiro atoms. The van der Waals surface area contributed by atoms with E-state index in [1.54, 1.807) is 0 Å². The molecule has 1 saturated carbocycles. The van der Waals surface area contributed by atoms with E-state index in [2.05, 4.69) is 28.1 Å². The molecule has 18 heavy (non-hydrogen) atoms. The lowest BCUT2D eigenvalue weighted by molar-refractivity contribution is 0.0783.